The molecule has 0 bridgehead atoms. The van der Waals surface area contributed by atoms with Crippen molar-refractivity contribution >= 4 is 49.7 Å². The summed E-state index contributed by atoms with van der Waals surface area (Å²) in [7, 11) is -3.39. The number of carbonyl (C=O) groups is 1. The Morgan fingerprint density at radius 2 is 1.91 bits per heavy atom. The number of fused-ring (bicyclic) bond motifs is 2. The third-order valence-electron chi connectivity index (χ3n) is 5.95. The van der Waals surface area contributed by atoms with E-state index in [9.17, 15) is 13.2 Å². The first-order valence-electron chi connectivity index (χ1n) is 10.7. The van der Waals surface area contributed by atoms with E-state index >= 15 is 0 Å². The Morgan fingerprint density at radius 3 is 2.71 bits per heavy atom. The lowest BCUT2D eigenvalue weighted by molar-refractivity contribution is 0.102. The van der Waals surface area contributed by atoms with E-state index in [1.807, 2.05) is 38.1 Å². The average Bonchev–Trinajstić information content (AvgIpc) is 3.35. The molecule has 4 aromatic rings. The molecule has 0 aliphatic carbocycles. The lowest BCUT2D eigenvalue weighted by Crippen LogP contribution is -2.32. The second-order valence-electron chi connectivity index (χ2n) is 9.04. The first kappa shape index (κ1) is 21.9. The number of sulfonamides is 1. The van der Waals surface area contributed by atoms with E-state index in [1.165, 1.54) is 10.6 Å². The number of nitrogens with zero attached hydrogens (tertiary/aromatic N) is 3. The van der Waals surface area contributed by atoms with Crippen molar-refractivity contribution in [3.05, 3.63) is 72.1 Å². The van der Waals surface area contributed by atoms with E-state index < -0.39 is 10.0 Å². The lowest BCUT2D eigenvalue weighted by atomic mass is 9.87. The number of carbonyl (C=O) groups excluding carboxylic acids is 1. The fraction of sp³-hybridized carbons (Fsp3) is 0.208. The molecule has 1 amide bonds. The molecule has 0 radical (unpaired) electrons. The molecule has 3 heterocycles. The summed E-state index contributed by atoms with van der Waals surface area (Å²) < 4.78 is 25.8. The monoisotopic (exact) mass is 476 g/mol. The third kappa shape index (κ3) is 3.96. The molecule has 0 atom stereocenters. The number of aromatic nitrogens is 3. The molecule has 1 aliphatic heterocycles. The maximum atomic E-state index is 13.2. The molecule has 3 N–H and O–H groups in total. The molecule has 2 aromatic carbocycles. The molecule has 5 rings (SSSR count). The zero-order valence-corrected chi connectivity index (χ0v) is 19.8. The Balaban J connectivity index is 1.41. The van der Waals surface area contributed by atoms with Crippen molar-refractivity contribution in [3.8, 4) is 0 Å². The van der Waals surface area contributed by atoms with E-state index in [1.54, 1.807) is 36.7 Å². The highest BCUT2D eigenvalue weighted by molar-refractivity contribution is 7.92. The number of hydrogen-bond acceptors (Lipinski definition) is 6. The second-order valence-corrected chi connectivity index (χ2v) is 10.9. The summed E-state index contributed by atoms with van der Waals surface area (Å²) in [4.78, 5) is 17.5. The van der Waals surface area contributed by atoms with Gasteiger partial charge in [0.2, 0.25) is 10.0 Å². The van der Waals surface area contributed by atoms with Crippen LogP contribution >= 0.6 is 0 Å². The van der Waals surface area contributed by atoms with Gasteiger partial charge in [0.25, 0.3) is 5.91 Å². The van der Waals surface area contributed by atoms with Crippen LogP contribution in [-0.2, 0) is 15.4 Å². The number of aromatic amines is 1. The first-order chi connectivity index (χ1) is 16.1. The van der Waals surface area contributed by atoms with Crippen LogP contribution in [-0.4, -0.2) is 42.3 Å². The molecule has 174 valence electrons. The third-order valence-corrected chi connectivity index (χ3v) is 7.07. The zero-order chi connectivity index (χ0) is 24.1. The van der Waals surface area contributed by atoms with Gasteiger partial charge in [0.1, 0.15) is 5.82 Å². The topological polar surface area (TPSA) is 120 Å². The molecule has 34 heavy (non-hydrogen) atoms. The van der Waals surface area contributed by atoms with Gasteiger partial charge < -0.3 is 10.6 Å². The molecule has 1 aliphatic rings. The van der Waals surface area contributed by atoms with E-state index in [2.05, 4.69) is 25.8 Å². The summed E-state index contributed by atoms with van der Waals surface area (Å²) >= 11 is 0. The Kier molecular flexibility index (Phi) is 5.05. The summed E-state index contributed by atoms with van der Waals surface area (Å²) in [5, 5.41) is 14.1. The van der Waals surface area contributed by atoms with Crippen molar-refractivity contribution in [2.45, 2.75) is 19.3 Å². The Morgan fingerprint density at radius 1 is 1.12 bits per heavy atom. The number of H-pyrrole nitrogens is 1. The van der Waals surface area contributed by atoms with Gasteiger partial charge in [-0.3, -0.25) is 14.2 Å². The minimum absolute atomic E-state index is 0.325. The molecule has 9 nitrogen and oxygen atoms in total. The molecule has 0 spiro atoms. The largest absolute Gasteiger partial charge is 0.340 e. The van der Waals surface area contributed by atoms with Crippen LogP contribution in [0.25, 0.3) is 10.9 Å². The van der Waals surface area contributed by atoms with Gasteiger partial charge in [-0.25, -0.2) is 13.4 Å². The van der Waals surface area contributed by atoms with E-state index in [-0.39, 0.29) is 11.3 Å². The van der Waals surface area contributed by atoms with Crippen molar-refractivity contribution in [2.24, 2.45) is 0 Å². The second kappa shape index (κ2) is 7.84. The van der Waals surface area contributed by atoms with Crippen LogP contribution in [0, 0.1) is 0 Å². The number of pyridine rings is 1. The van der Waals surface area contributed by atoms with Crippen LogP contribution in [0.5, 0.6) is 0 Å². The van der Waals surface area contributed by atoms with E-state index in [0.717, 1.165) is 22.2 Å². The fourth-order valence-corrected chi connectivity index (χ4v) is 5.31. The van der Waals surface area contributed by atoms with Crippen molar-refractivity contribution in [1.82, 2.24) is 15.2 Å². The predicted molar refractivity (Wildman–Crippen MR) is 133 cm³/mol. The van der Waals surface area contributed by atoms with Crippen molar-refractivity contribution in [3.63, 3.8) is 0 Å². The standard InChI is InChI=1S/C24H24N6O3S/c1-24(2)14-30(34(3,32)33)21-9-8-16(11-19(21)24)28-23(31)18-5-4-10-25-22(18)27-17-7-6-15-13-26-29-20(15)12-17/h4-13H,14H2,1-3H3,(H,25,27)(H,26,29)(H,28,31). The molecule has 10 heteroatoms. The van der Waals surface area contributed by atoms with Gasteiger partial charge in [-0.1, -0.05) is 13.8 Å². The van der Waals surface area contributed by atoms with Gasteiger partial charge in [-0.2, -0.15) is 5.10 Å². The van der Waals surface area contributed by atoms with E-state index in [4.69, 9.17) is 0 Å². The molecule has 2 aromatic heterocycles. The number of rotatable bonds is 5. The fourth-order valence-electron chi connectivity index (χ4n) is 4.24. The summed E-state index contributed by atoms with van der Waals surface area (Å²) in [5.74, 6) is 0.0950. The Labute approximate surface area is 197 Å². The number of anilines is 4. The van der Waals surface area contributed by atoms with Gasteiger partial charge in [0, 0.05) is 34.9 Å². The Hall–Kier alpha value is -3.92. The predicted octanol–water partition coefficient (Wildman–Crippen LogP) is 4.01. The number of benzene rings is 2. The molecular formula is C24H24N6O3S. The lowest BCUT2D eigenvalue weighted by Gasteiger charge is -2.20. The summed E-state index contributed by atoms with van der Waals surface area (Å²) in [6.45, 7) is 4.33. The number of amides is 1. The number of nitrogens with one attached hydrogen (secondary N) is 3. The van der Waals surface area contributed by atoms with Crippen molar-refractivity contribution < 1.29 is 13.2 Å². The van der Waals surface area contributed by atoms with Gasteiger partial charge in [0.15, 0.2) is 0 Å². The highest BCUT2D eigenvalue weighted by atomic mass is 32.2. The first-order valence-corrected chi connectivity index (χ1v) is 12.6. The average molecular weight is 477 g/mol. The van der Waals surface area contributed by atoms with Crippen LogP contribution in [0.4, 0.5) is 22.9 Å². The van der Waals surface area contributed by atoms with Crippen molar-refractivity contribution in [1.29, 1.82) is 0 Å². The molecule has 0 saturated carbocycles. The van der Waals surface area contributed by atoms with Gasteiger partial charge in [-0.05, 0) is 54.1 Å². The number of hydrogen-bond donors (Lipinski definition) is 3. The SMILES string of the molecule is CC1(C)CN(S(C)(=O)=O)c2ccc(NC(=O)c3cccnc3Nc3ccc4cn[nH]c4c3)cc21. The van der Waals surface area contributed by atoms with Crippen LogP contribution in [0.3, 0.4) is 0 Å². The van der Waals surface area contributed by atoms with Gasteiger partial charge >= 0.3 is 0 Å². The van der Waals surface area contributed by atoms with Crippen LogP contribution in [0.15, 0.2) is 60.9 Å². The Bertz CT molecular complexity index is 1530. The minimum Gasteiger partial charge on any atom is -0.340 e. The molecule has 0 fully saturated rings. The van der Waals surface area contributed by atoms with Gasteiger partial charge in [0.05, 0.1) is 29.2 Å². The van der Waals surface area contributed by atoms with Crippen LogP contribution < -0.4 is 14.9 Å². The quantitative estimate of drug-likeness (QED) is 0.400. The highest BCUT2D eigenvalue weighted by Crippen LogP contribution is 2.43. The van der Waals surface area contributed by atoms with E-state index in [0.29, 0.717) is 29.3 Å². The van der Waals surface area contributed by atoms with Crippen molar-refractivity contribution in [2.75, 3.05) is 27.7 Å². The van der Waals surface area contributed by atoms with Crippen LogP contribution in [0.1, 0.15) is 29.8 Å². The normalized spacial score (nSPS) is 14.7. The maximum Gasteiger partial charge on any atom is 0.259 e. The summed E-state index contributed by atoms with van der Waals surface area (Å²) in [5.41, 5.74) is 3.73. The summed E-state index contributed by atoms with van der Waals surface area (Å²) in [6, 6.07) is 14.4. The molecule has 0 saturated heterocycles. The summed E-state index contributed by atoms with van der Waals surface area (Å²) in [6.07, 6.45) is 4.56. The molecule has 0 unspecified atom stereocenters. The minimum atomic E-state index is -3.39. The highest BCUT2D eigenvalue weighted by Gasteiger charge is 2.39. The van der Waals surface area contributed by atoms with Gasteiger partial charge in [-0.15, -0.1) is 0 Å². The van der Waals surface area contributed by atoms with Crippen LogP contribution in [0.2, 0.25) is 0 Å². The zero-order valence-electron chi connectivity index (χ0n) is 19.0. The molecular weight excluding hydrogens is 452 g/mol. The maximum absolute atomic E-state index is 13.2. The smallest absolute Gasteiger partial charge is 0.259 e.